The minimum Gasteiger partial charge on any atom is -0.392 e. The van der Waals surface area contributed by atoms with Crippen molar-refractivity contribution in [3.8, 4) is 0 Å². The number of aliphatic hydroxyl groups excluding tert-OH is 1. The van der Waals surface area contributed by atoms with Gasteiger partial charge < -0.3 is 15.3 Å². The summed E-state index contributed by atoms with van der Waals surface area (Å²) in [6, 6.07) is 0. The highest BCUT2D eigenvalue weighted by molar-refractivity contribution is 4.62. The SMILES string of the molecule is CCCCCCCCCCCCC(O)CN(C)CCCNC. The van der Waals surface area contributed by atoms with Crippen molar-refractivity contribution in [2.75, 3.05) is 33.7 Å². The lowest BCUT2D eigenvalue weighted by atomic mass is 10.0. The molecule has 0 amide bonds. The van der Waals surface area contributed by atoms with Crippen LogP contribution in [0.1, 0.15) is 84.0 Å². The van der Waals surface area contributed by atoms with Crippen LogP contribution in [-0.2, 0) is 0 Å². The molecule has 0 saturated heterocycles. The van der Waals surface area contributed by atoms with Gasteiger partial charge in [0.25, 0.3) is 0 Å². The summed E-state index contributed by atoms with van der Waals surface area (Å²) in [5.74, 6) is 0. The van der Waals surface area contributed by atoms with Crippen LogP contribution in [-0.4, -0.2) is 49.8 Å². The fourth-order valence-corrected chi connectivity index (χ4v) is 2.94. The van der Waals surface area contributed by atoms with Crippen LogP contribution in [0.3, 0.4) is 0 Å². The molecule has 1 unspecified atom stereocenters. The van der Waals surface area contributed by atoms with Gasteiger partial charge in [0.15, 0.2) is 0 Å². The lowest BCUT2D eigenvalue weighted by Gasteiger charge is -2.20. The Bertz CT molecular complexity index is 212. The van der Waals surface area contributed by atoms with Crippen LogP contribution in [0.25, 0.3) is 0 Å². The molecular weight excluding hydrogens is 272 g/mol. The zero-order valence-corrected chi connectivity index (χ0v) is 15.6. The van der Waals surface area contributed by atoms with Gasteiger partial charge in [-0.1, -0.05) is 71.1 Å². The van der Waals surface area contributed by atoms with Gasteiger partial charge in [0.05, 0.1) is 6.10 Å². The maximum atomic E-state index is 10.0. The molecule has 0 radical (unpaired) electrons. The molecule has 2 N–H and O–H groups in total. The Hall–Kier alpha value is -0.120. The molecule has 0 aliphatic heterocycles. The zero-order valence-electron chi connectivity index (χ0n) is 15.6. The lowest BCUT2D eigenvalue weighted by Crippen LogP contribution is -2.31. The van der Waals surface area contributed by atoms with E-state index in [1.807, 2.05) is 7.05 Å². The van der Waals surface area contributed by atoms with Crippen LogP contribution in [0, 0.1) is 0 Å². The van der Waals surface area contributed by atoms with Gasteiger partial charge >= 0.3 is 0 Å². The Morgan fingerprint density at radius 1 is 0.864 bits per heavy atom. The van der Waals surface area contributed by atoms with Crippen LogP contribution in [0.15, 0.2) is 0 Å². The maximum absolute atomic E-state index is 10.0. The van der Waals surface area contributed by atoms with Crippen molar-refractivity contribution in [3.63, 3.8) is 0 Å². The normalized spacial score (nSPS) is 13.0. The van der Waals surface area contributed by atoms with E-state index in [1.165, 1.54) is 64.2 Å². The predicted octanol–water partition coefficient (Wildman–Crippen LogP) is 4.20. The summed E-state index contributed by atoms with van der Waals surface area (Å²) >= 11 is 0. The Morgan fingerprint density at radius 3 is 1.95 bits per heavy atom. The standard InChI is InChI=1S/C19H42N2O/c1-4-5-6-7-8-9-10-11-12-13-15-19(22)18-21(3)17-14-16-20-2/h19-20,22H,4-18H2,1-3H3. The van der Waals surface area contributed by atoms with Crippen LogP contribution < -0.4 is 5.32 Å². The van der Waals surface area contributed by atoms with E-state index < -0.39 is 0 Å². The Labute approximate surface area is 139 Å². The number of aliphatic hydroxyl groups is 1. The summed E-state index contributed by atoms with van der Waals surface area (Å²) in [7, 11) is 4.09. The van der Waals surface area contributed by atoms with Crippen LogP contribution in [0.5, 0.6) is 0 Å². The number of unbranched alkanes of at least 4 members (excludes halogenated alkanes) is 9. The van der Waals surface area contributed by atoms with E-state index in [0.29, 0.717) is 0 Å². The summed E-state index contributed by atoms with van der Waals surface area (Å²) in [5.41, 5.74) is 0. The molecule has 0 bridgehead atoms. The third-order valence-corrected chi connectivity index (χ3v) is 4.38. The van der Waals surface area contributed by atoms with E-state index in [0.717, 1.165) is 32.5 Å². The van der Waals surface area contributed by atoms with Gasteiger partial charge in [0, 0.05) is 6.54 Å². The molecule has 1 atom stereocenters. The molecular formula is C19H42N2O. The number of hydrogen-bond acceptors (Lipinski definition) is 3. The molecule has 0 fully saturated rings. The van der Waals surface area contributed by atoms with Crippen molar-refractivity contribution >= 4 is 0 Å². The molecule has 134 valence electrons. The molecule has 0 rings (SSSR count). The molecule has 0 heterocycles. The van der Waals surface area contributed by atoms with E-state index in [4.69, 9.17) is 0 Å². The second-order valence-electron chi connectivity index (χ2n) is 6.84. The third-order valence-electron chi connectivity index (χ3n) is 4.38. The number of nitrogens with zero attached hydrogens (tertiary/aromatic N) is 1. The highest BCUT2D eigenvalue weighted by Crippen LogP contribution is 2.12. The number of rotatable bonds is 17. The van der Waals surface area contributed by atoms with E-state index >= 15 is 0 Å². The molecule has 0 aliphatic rings. The lowest BCUT2D eigenvalue weighted by molar-refractivity contribution is 0.114. The average Bonchev–Trinajstić information content (AvgIpc) is 2.49. The molecule has 3 nitrogen and oxygen atoms in total. The Morgan fingerprint density at radius 2 is 1.41 bits per heavy atom. The molecule has 0 aromatic heterocycles. The second-order valence-corrected chi connectivity index (χ2v) is 6.84. The fourth-order valence-electron chi connectivity index (χ4n) is 2.94. The van der Waals surface area contributed by atoms with Crippen molar-refractivity contribution < 1.29 is 5.11 Å². The largest absolute Gasteiger partial charge is 0.392 e. The molecule has 0 saturated carbocycles. The van der Waals surface area contributed by atoms with Crippen molar-refractivity contribution in [3.05, 3.63) is 0 Å². The van der Waals surface area contributed by atoms with E-state index in [2.05, 4.69) is 24.2 Å². The average molecular weight is 315 g/mol. The van der Waals surface area contributed by atoms with Gasteiger partial charge in [-0.3, -0.25) is 0 Å². The van der Waals surface area contributed by atoms with Crippen molar-refractivity contribution in [1.82, 2.24) is 10.2 Å². The first-order valence-electron chi connectivity index (χ1n) is 9.72. The molecule has 0 aliphatic carbocycles. The summed E-state index contributed by atoms with van der Waals surface area (Å²) in [4.78, 5) is 2.25. The van der Waals surface area contributed by atoms with Crippen molar-refractivity contribution in [2.45, 2.75) is 90.1 Å². The molecule has 0 aromatic rings. The van der Waals surface area contributed by atoms with Gasteiger partial charge in [-0.15, -0.1) is 0 Å². The number of nitrogens with one attached hydrogen (secondary N) is 1. The first kappa shape index (κ1) is 21.9. The Balaban J connectivity index is 3.25. The van der Waals surface area contributed by atoms with E-state index in [1.54, 1.807) is 0 Å². The quantitative estimate of drug-likeness (QED) is 0.395. The number of likely N-dealkylation sites (N-methyl/N-ethyl adjacent to an activating group) is 1. The first-order valence-corrected chi connectivity index (χ1v) is 9.72. The van der Waals surface area contributed by atoms with Crippen LogP contribution in [0.2, 0.25) is 0 Å². The highest BCUT2D eigenvalue weighted by atomic mass is 16.3. The van der Waals surface area contributed by atoms with Gasteiger partial charge in [-0.25, -0.2) is 0 Å². The predicted molar refractivity (Wildman–Crippen MR) is 98.5 cm³/mol. The molecule has 3 heteroatoms. The van der Waals surface area contributed by atoms with Crippen LogP contribution in [0.4, 0.5) is 0 Å². The van der Waals surface area contributed by atoms with Crippen molar-refractivity contribution in [1.29, 1.82) is 0 Å². The summed E-state index contributed by atoms with van der Waals surface area (Å²) < 4.78 is 0. The smallest absolute Gasteiger partial charge is 0.0667 e. The summed E-state index contributed by atoms with van der Waals surface area (Å²) in [6.07, 6.45) is 15.6. The highest BCUT2D eigenvalue weighted by Gasteiger charge is 2.07. The first-order chi connectivity index (χ1) is 10.7. The monoisotopic (exact) mass is 314 g/mol. The topological polar surface area (TPSA) is 35.5 Å². The van der Waals surface area contributed by atoms with Gasteiger partial charge in [0.2, 0.25) is 0 Å². The number of hydrogen-bond donors (Lipinski definition) is 2. The Kier molecular flexibility index (Phi) is 17.1. The second kappa shape index (κ2) is 17.2. The zero-order chi connectivity index (χ0) is 16.5. The fraction of sp³-hybridized carbons (Fsp3) is 1.00. The summed E-state index contributed by atoms with van der Waals surface area (Å²) in [6.45, 7) is 5.21. The van der Waals surface area contributed by atoms with E-state index in [-0.39, 0.29) is 6.10 Å². The van der Waals surface area contributed by atoms with E-state index in [9.17, 15) is 5.11 Å². The van der Waals surface area contributed by atoms with Gasteiger partial charge in [0.1, 0.15) is 0 Å². The van der Waals surface area contributed by atoms with Gasteiger partial charge in [-0.2, -0.15) is 0 Å². The molecule has 0 aromatic carbocycles. The minimum absolute atomic E-state index is 0.145. The summed E-state index contributed by atoms with van der Waals surface area (Å²) in [5, 5.41) is 13.2. The minimum atomic E-state index is -0.145. The van der Waals surface area contributed by atoms with Crippen molar-refractivity contribution in [2.24, 2.45) is 0 Å². The van der Waals surface area contributed by atoms with Crippen LogP contribution >= 0.6 is 0 Å². The maximum Gasteiger partial charge on any atom is 0.0667 e. The molecule has 22 heavy (non-hydrogen) atoms. The van der Waals surface area contributed by atoms with Gasteiger partial charge in [-0.05, 0) is 40.0 Å². The molecule has 0 spiro atoms. The third kappa shape index (κ3) is 16.3.